The van der Waals surface area contributed by atoms with E-state index in [2.05, 4.69) is 42.8 Å². The maximum Gasteiger partial charge on any atom is 0.0700 e. The predicted molar refractivity (Wildman–Crippen MR) is 60.8 cm³/mol. The zero-order valence-corrected chi connectivity index (χ0v) is 9.60. The number of halogens is 1. The second kappa shape index (κ2) is 3.72. The van der Waals surface area contributed by atoms with Crippen molar-refractivity contribution in [1.82, 2.24) is 4.98 Å². The van der Waals surface area contributed by atoms with Gasteiger partial charge in [-0.1, -0.05) is 6.08 Å². The molecule has 1 aliphatic heterocycles. The van der Waals surface area contributed by atoms with E-state index in [9.17, 15) is 0 Å². The largest absolute Gasteiger partial charge is 0.307 e. The molecule has 1 aromatic heterocycles. The summed E-state index contributed by atoms with van der Waals surface area (Å²) in [5.41, 5.74) is 2.25. The van der Waals surface area contributed by atoms with E-state index in [-0.39, 0.29) is 0 Å². The van der Waals surface area contributed by atoms with Gasteiger partial charge in [-0.3, -0.25) is 4.98 Å². The Morgan fingerprint density at radius 3 is 3.15 bits per heavy atom. The fourth-order valence-electron chi connectivity index (χ4n) is 1.20. The van der Waals surface area contributed by atoms with E-state index in [0.29, 0.717) is 0 Å². The molecular weight excluding hydrogens is 248 g/mol. The molecule has 0 N–H and O–H groups in total. The van der Waals surface area contributed by atoms with Gasteiger partial charge in [0, 0.05) is 17.2 Å². The van der Waals surface area contributed by atoms with Gasteiger partial charge in [-0.25, -0.2) is 0 Å². The van der Waals surface area contributed by atoms with E-state index in [1.165, 1.54) is 5.69 Å². The van der Waals surface area contributed by atoms with Crippen molar-refractivity contribution in [3.63, 3.8) is 0 Å². The minimum absolute atomic E-state index is 0.962. The summed E-state index contributed by atoms with van der Waals surface area (Å²) in [4.78, 5) is 4.29. The highest BCUT2D eigenvalue weighted by Crippen LogP contribution is 2.30. The Kier molecular flexibility index (Phi) is 2.60. The normalized spacial score (nSPS) is 15.4. The first-order valence-electron chi connectivity index (χ1n) is 3.99. The summed E-state index contributed by atoms with van der Waals surface area (Å²) < 4.78 is 3.24. The standard InChI is InChI=1S/C9H9BrN2S/c1-7-9(5-8(10)6-11-7)12-3-2-4-13-12/h2,4-6H,3H2,1H3. The lowest BCUT2D eigenvalue weighted by Crippen LogP contribution is -2.11. The Balaban J connectivity index is 2.33. The maximum absolute atomic E-state index is 4.29. The third-order valence-electron chi connectivity index (χ3n) is 1.85. The number of hydrogen-bond donors (Lipinski definition) is 0. The number of anilines is 1. The van der Waals surface area contributed by atoms with Gasteiger partial charge in [0.1, 0.15) is 0 Å². The second-order valence-electron chi connectivity index (χ2n) is 2.80. The zero-order chi connectivity index (χ0) is 9.26. The molecule has 2 nitrogen and oxygen atoms in total. The molecule has 4 heteroatoms. The van der Waals surface area contributed by atoms with Crippen molar-refractivity contribution < 1.29 is 0 Å². The molecule has 0 saturated carbocycles. The van der Waals surface area contributed by atoms with Crippen LogP contribution >= 0.6 is 27.9 Å². The van der Waals surface area contributed by atoms with Crippen LogP contribution < -0.4 is 4.31 Å². The van der Waals surface area contributed by atoms with Crippen LogP contribution in [0.25, 0.3) is 0 Å². The summed E-state index contributed by atoms with van der Waals surface area (Å²) in [5, 5.41) is 2.10. The van der Waals surface area contributed by atoms with Crippen molar-refractivity contribution in [2.24, 2.45) is 0 Å². The molecule has 0 radical (unpaired) electrons. The number of nitrogens with zero attached hydrogens (tertiary/aromatic N) is 2. The van der Waals surface area contributed by atoms with Gasteiger partial charge in [-0.05, 0) is 46.3 Å². The van der Waals surface area contributed by atoms with Crippen LogP contribution in [-0.2, 0) is 0 Å². The van der Waals surface area contributed by atoms with Crippen LogP contribution in [0.5, 0.6) is 0 Å². The average Bonchev–Trinajstić information content (AvgIpc) is 2.61. The molecule has 0 atom stereocenters. The van der Waals surface area contributed by atoms with Crippen LogP contribution in [0.2, 0.25) is 0 Å². The number of rotatable bonds is 1. The highest BCUT2D eigenvalue weighted by atomic mass is 79.9. The van der Waals surface area contributed by atoms with Crippen LogP contribution in [0.15, 0.2) is 28.2 Å². The maximum atomic E-state index is 4.29. The fourth-order valence-corrected chi connectivity index (χ4v) is 2.31. The van der Waals surface area contributed by atoms with E-state index in [0.717, 1.165) is 16.7 Å². The SMILES string of the molecule is Cc1ncc(Br)cc1N1CC=CS1. The number of hydrogen-bond acceptors (Lipinski definition) is 3. The highest BCUT2D eigenvalue weighted by Gasteiger charge is 2.12. The van der Waals surface area contributed by atoms with Gasteiger partial charge < -0.3 is 4.31 Å². The molecule has 0 bridgehead atoms. The minimum atomic E-state index is 0.962. The molecule has 13 heavy (non-hydrogen) atoms. The summed E-state index contributed by atoms with van der Waals surface area (Å²) in [7, 11) is 0. The van der Waals surface area contributed by atoms with Crippen LogP contribution in [0.1, 0.15) is 5.69 Å². The van der Waals surface area contributed by atoms with Gasteiger partial charge in [0.2, 0.25) is 0 Å². The Labute approximate surface area is 90.3 Å². The van der Waals surface area contributed by atoms with Gasteiger partial charge in [0.15, 0.2) is 0 Å². The average molecular weight is 257 g/mol. The van der Waals surface area contributed by atoms with Crippen LogP contribution in [0.3, 0.4) is 0 Å². The third kappa shape index (κ3) is 1.89. The topological polar surface area (TPSA) is 16.1 Å². The Bertz CT molecular complexity index is 343. The number of aryl methyl sites for hydroxylation is 1. The first-order valence-corrected chi connectivity index (χ1v) is 5.62. The molecule has 0 aromatic carbocycles. The summed E-state index contributed by atoms with van der Waals surface area (Å²) in [6, 6.07) is 2.10. The first kappa shape index (κ1) is 9.09. The van der Waals surface area contributed by atoms with Gasteiger partial charge in [-0.15, -0.1) is 0 Å². The Hall–Kier alpha value is -0.480. The Morgan fingerprint density at radius 2 is 2.46 bits per heavy atom. The molecule has 1 aromatic rings. The summed E-state index contributed by atoms with van der Waals surface area (Å²) in [6.45, 7) is 2.99. The monoisotopic (exact) mass is 256 g/mol. The number of aromatic nitrogens is 1. The highest BCUT2D eigenvalue weighted by molar-refractivity contribution is 9.10. The minimum Gasteiger partial charge on any atom is -0.307 e. The molecule has 0 fully saturated rings. The summed E-state index contributed by atoms with van der Waals surface area (Å²) in [6.07, 6.45) is 3.97. The molecule has 2 rings (SSSR count). The van der Waals surface area contributed by atoms with Gasteiger partial charge in [0.25, 0.3) is 0 Å². The van der Waals surface area contributed by atoms with E-state index in [1.807, 2.05) is 13.1 Å². The van der Waals surface area contributed by atoms with E-state index in [1.54, 1.807) is 11.9 Å². The molecular formula is C9H9BrN2S. The van der Waals surface area contributed by atoms with Gasteiger partial charge in [0.05, 0.1) is 11.4 Å². The van der Waals surface area contributed by atoms with Crippen LogP contribution in [0, 0.1) is 6.92 Å². The Morgan fingerprint density at radius 1 is 1.62 bits per heavy atom. The van der Waals surface area contributed by atoms with Gasteiger partial charge in [-0.2, -0.15) is 0 Å². The van der Waals surface area contributed by atoms with E-state index < -0.39 is 0 Å². The van der Waals surface area contributed by atoms with Crippen molar-refractivity contribution >= 4 is 33.6 Å². The molecule has 1 aliphatic rings. The molecule has 0 aliphatic carbocycles. The molecule has 68 valence electrons. The van der Waals surface area contributed by atoms with Crippen molar-refractivity contribution in [1.29, 1.82) is 0 Å². The summed E-state index contributed by atoms with van der Waals surface area (Å²) >= 11 is 5.13. The van der Waals surface area contributed by atoms with Crippen molar-refractivity contribution in [2.75, 3.05) is 10.8 Å². The fraction of sp³-hybridized carbons (Fsp3) is 0.222. The second-order valence-corrected chi connectivity index (χ2v) is 4.64. The third-order valence-corrected chi connectivity index (χ3v) is 3.20. The quantitative estimate of drug-likeness (QED) is 0.719. The van der Waals surface area contributed by atoms with Crippen molar-refractivity contribution in [3.05, 3.63) is 33.9 Å². The molecule has 0 saturated heterocycles. The zero-order valence-electron chi connectivity index (χ0n) is 7.20. The van der Waals surface area contributed by atoms with Gasteiger partial charge >= 0.3 is 0 Å². The van der Waals surface area contributed by atoms with Crippen LogP contribution in [0.4, 0.5) is 5.69 Å². The number of pyridine rings is 1. The molecule has 2 heterocycles. The van der Waals surface area contributed by atoms with E-state index >= 15 is 0 Å². The van der Waals surface area contributed by atoms with Crippen molar-refractivity contribution in [3.8, 4) is 0 Å². The lowest BCUT2D eigenvalue weighted by Gasteiger charge is -2.17. The first-order chi connectivity index (χ1) is 6.27. The molecule has 0 amide bonds. The summed E-state index contributed by atoms with van der Waals surface area (Å²) in [5.74, 6) is 0. The molecule has 0 unspecified atom stereocenters. The lowest BCUT2D eigenvalue weighted by atomic mass is 10.3. The van der Waals surface area contributed by atoms with E-state index in [4.69, 9.17) is 0 Å². The van der Waals surface area contributed by atoms with Crippen molar-refractivity contribution in [2.45, 2.75) is 6.92 Å². The predicted octanol–water partition coefficient (Wildman–Crippen LogP) is 3.13. The van der Waals surface area contributed by atoms with Crippen LogP contribution in [-0.4, -0.2) is 11.5 Å². The lowest BCUT2D eigenvalue weighted by molar-refractivity contribution is 1.13. The molecule has 0 spiro atoms. The smallest absolute Gasteiger partial charge is 0.0700 e.